The lowest BCUT2D eigenvalue weighted by Gasteiger charge is -2.36. The minimum atomic E-state index is -0.634. The minimum Gasteiger partial charge on any atom is -0.381 e. The number of aromatic nitrogens is 1. The number of carbonyl (C=O) groups excluding carboxylic acids is 1. The number of ether oxygens (including phenoxy) is 2. The molecule has 5 nitrogen and oxygen atoms in total. The molecule has 2 saturated heterocycles. The molecule has 160 valence electrons. The number of amides is 1. The van der Waals surface area contributed by atoms with E-state index < -0.39 is 5.41 Å². The Morgan fingerprint density at radius 1 is 1.17 bits per heavy atom. The average molecular weight is 413 g/mol. The zero-order valence-electron chi connectivity index (χ0n) is 17.2. The fourth-order valence-corrected chi connectivity index (χ4v) is 4.41. The van der Waals surface area contributed by atoms with Crippen LogP contribution in [0, 0.1) is 17.2 Å². The summed E-state index contributed by atoms with van der Waals surface area (Å²) < 4.78 is 26.0. The molecule has 1 aromatic carbocycles. The van der Waals surface area contributed by atoms with Gasteiger partial charge in [-0.1, -0.05) is 18.2 Å². The number of benzene rings is 1. The van der Waals surface area contributed by atoms with Crippen molar-refractivity contribution in [3.8, 4) is 11.1 Å². The summed E-state index contributed by atoms with van der Waals surface area (Å²) >= 11 is 0. The number of rotatable bonds is 6. The van der Waals surface area contributed by atoms with Crippen LogP contribution in [0.15, 0.2) is 42.7 Å². The van der Waals surface area contributed by atoms with Crippen LogP contribution in [0.5, 0.6) is 0 Å². The highest BCUT2D eigenvalue weighted by Gasteiger charge is 2.40. The number of pyridine rings is 1. The highest BCUT2D eigenvalue weighted by Crippen LogP contribution is 2.36. The van der Waals surface area contributed by atoms with Gasteiger partial charge in [0.05, 0.1) is 12.0 Å². The van der Waals surface area contributed by atoms with Crippen LogP contribution in [0.2, 0.25) is 0 Å². The van der Waals surface area contributed by atoms with E-state index in [0.717, 1.165) is 30.6 Å². The van der Waals surface area contributed by atoms with Gasteiger partial charge in [-0.15, -0.1) is 0 Å². The van der Waals surface area contributed by atoms with Gasteiger partial charge in [0.1, 0.15) is 5.82 Å². The van der Waals surface area contributed by atoms with Gasteiger partial charge >= 0.3 is 0 Å². The fourth-order valence-electron chi connectivity index (χ4n) is 4.41. The Kier molecular flexibility index (Phi) is 6.75. The van der Waals surface area contributed by atoms with Gasteiger partial charge in [-0.2, -0.15) is 0 Å². The normalized spacial score (nSPS) is 21.2. The van der Waals surface area contributed by atoms with E-state index in [2.05, 4.69) is 10.3 Å². The first-order valence-electron chi connectivity index (χ1n) is 10.8. The first-order chi connectivity index (χ1) is 14.7. The maximum atomic E-state index is 15.0. The molecule has 3 heterocycles. The molecule has 30 heavy (non-hydrogen) atoms. The Morgan fingerprint density at radius 2 is 2.03 bits per heavy atom. The van der Waals surface area contributed by atoms with Crippen molar-refractivity contribution in [2.75, 3.05) is 33.0 Å². The summed E-state index contributed by atoms with van der Waals surface area (Å²) in [6, 6.07) is 8.98. The smallest absolute Gasteiger partial charge is 0.226 e. The van der Waals surface area contributed by atoms with Crippen LogP contribution in [0.3, 0.4) is 0 Å². The first kappa shape index (κ1) is 20.9. The second-order valence-electron chi connectivity index (χ2n) is 8.41. The molecule has 0 aliphatic carbocycles. The molecule has 2 aromatic rings. The highest BCUT2D eigenvalue weighted by molar-refractivity contribution is 5.83. The third kappa shape index (κ3) is 4.87. The van der Waals surface area contributed by atoms with Crippen molar-refractivity contribution in [2.24, 2.45) is 11.3 Å². The van der Waals surface area contributed by atoms with Crippen LogP contribution in [-0.4, -0.2) is 43.9 Å². The van der Waals surface area contributed by atoms with Gasteiger partial charge in [-0.3, -0.25) is 9.78 Å². The van der Waals surface area contributed by atoms with Crippen molar-refractivity contribution in [1.82, 2.24) is 10.3 Å². The minimum absolute atomic E-state index is 0.00658. The van der Waals surface area contributed by atoms with Gasteiger partial charge in [-0.05, 0) is 61.3 Å². The lowest BCUT2D eigenvalue weighted by atomic mass is 9.74. The molecule has 2 aliphatic heterocycles. The number of carbonyl (C=O) groups is 1. The van der Waals surface area contributed by atoms with E-state index in [0.29, 0.717) is 57.1 Å². The molecule has 1 atom stereocenters. The van der Waals surface area contributed by atoms with Gasteiger partial charge in [0.2, 0.25) is 5.91 Å². The molecule has 0 spiro atoms. The average Bonchev–Trinajstić information content (AvgIpc) is 2.80. The molecule has 2 aliphatic rings. The Labute approximate surface area is 177 Å². The van der Waals surface area contributed by atoms with E-state index in [9.17, 15) is 4.79 Å². The maximum absolute atomic E-state index is 15.0. The summed E-state index contributed by atoms with van der Waals surface area (Å²) in [5.74, 6) is 0.0814. The maximum Gasteiger partial charge on any atom is 0.226 e. The molecule has 0 bridgehead atoms. The van der Waals surface area contributed by atoms with Gasteiger partial charge in [0, 0.05) is 44.3 Å². The SMILES string of the molecule is O=C(NC[C@H]1CCCOC1)C1(Cc2ccc(-c3cccnc3)cc2F)CCOCC1. The summed E-state index contributed by atoms with van der Waals surface area (Å²) in [5.41, 5.74) is 1.59. The summed E-state index contributed by atoms with van der Waals surface area (Å²) in [6.07, 6.45) is 7.10. The van der Waals surface area contributed by atoms with E-state index in [1.165, 1.54) is 6.07 Å². The van der Waals surface area contributed by atoms with E-state index >= 15 is 4.39 Å². The molecular formula is C24H29FN2O3. The van der Waals surface area contributed by atoms with Gasteiger partial charge < -0.3 is 14.8 Å². The Morgan fingerprint density at radius 3 is 2.73 bits per heavy atom. The monoisotopic (exact) mass is 412 g/mol. The fraction of sp³-hybridized carbons (Fsp3) is 0.500. The van der Waals surface area contributed by atoms with Gasteiger partial charge in [0.25, 0.3) is 0 Å². The van der Waals surface area contributed by atoms with Crippen LogP contribution >= 0.6 is 0 Å². The molecule has 6 heteroatoms. The van der Waals surface area contributed by atoms with Crippen molar-refractivity contribution in [3.63, 3.8) is 0 Å². The molecule has 0 unspecified atom stereocenters. The molecular weight excluding hydrogens is 383 g/mol. The number of hydrogen-bond acceptors (Lipinski definition) is 4. The standard InChI is InChI=1S/C24H29FN2O3/c25-22-13-19(21-4-1-9-26-16-21)5-6-20(22)14-24(7-11-29-12-8-24)23(28)27-15-18-3-2-10-30-17-18/h1,4-6,9,13,16,18H,2-3,7-8,10-12,14-15,17H2,(H,27,28)/t18-/m1/s1. The Bertz CT molecular complexity index is 847. The van der Waals surface area contributed by atoms with Crippen molar-refractivity contribution in [3.05, 3.63) is 54.1 Å². The van der Waals surface area contributed by atoms with Crippen LogP contribution < -0.4 is 5.32 Å². The highest BCUT2D eigenvalue weighted by atomic mass is 19.1. The van der Waals surface area contributed by atoms with E-state index in [4.69, 9.17) is 9.47 Å². The second kappa shape index (κ2) is 9.67. The predicted molar refractivity (Wildman–Crippen MR) is 112 cm³/mol. The third-order valence-corrected chi connectivity index (χ3v) is 6.31. The second-order valence-corrected chi connectivity index (χ2v) is 8.41. The molecule has 0 saturated carbocycles. The van der Waals surface area contributed by atoms with E-state index in [1.807, 2.05) is 18.2 Å². The predicted octanol–water partition coefficient (Wildman–Crippen LogP) is 3.77. The van der Waals surface area contributed by atoms with Crippen LogP contribution in [-0.2, 0) is 20.7 Å². The van der Waals surface area contributed by atoms with Crippen LogP contribution in [0.25, 0.3) is 11.1 Å². The Balaban J connectivity index is 1.49. The number of nitrogens with zero attached hydrogens (tertiary/aromatic N) is 1. The van der Waals surface area contributed by atoms with E-state index in [1.54, 1.807) is 18.5 Å². The third-order valence-electron chi connectivity index (χ3n) is 6.31. The quantitative estimate of drug-likeness (QED) is 0.785. The number of halogens is 1. The lowest BCUT2D eigenvalue weighted by Crippen LogP contribution is -2.48. The molecule has 1 aromatic heterocycles. The van der Waals surface area contributed by atoms with Crippen molar-refractivity contribution in [2.45, 2.75) is 32.1 Å². The molecule has 0 radical (unpaired) electrons. The largest absolute Gasteiger partial charge is 0.381 e. The summed E-state index contributed by atoms with van der Waals surface area (Å²) in [7, 11) is 0. The zero-order chi connectivity index (χ0) is 20.8. The van der Waals surface area contributed by atoms with Crippen molar-refractivity contribution in [1.29, 1.82) is 0 Å². The van der Waals surface area contributed by atoms with Crippen molar-refractivity contribution < 1.29 is 18.7 Å². The summed E-state index contributed by atoms with van der Waals surface area (Å²) in [5, 5.41) is 3.13. The topological polar surface area (TPSA) is 60.5 Å². The lowest BCUT2D eigenvalue weighted by molar-refractivity contribution is -0.137. The summed E-state index contributed by atoms with van der Waals surface area (Å²) in [4.78, 5) is 17.3. The molecule has 1 N–H and O–H groups in total. The van der Waals surface area contributed by atoms with Crippen LogP contribution in [0.1, 0.15) is 31.2 Å². The first-order valence-corrected chi connectivity index (χ1v) is 10.8. The molecule has 4 rings (SSSR count). The number of nitrogens with one attached hydrogen (secondary N) is 1. The van der Waals surface area contributed by atoms with Crippen LogP contribution in [0.4, 0.5) is 4.39 Å². The van der Waals surface area contributed by atoms with Crippen molar-refractivity contribution >= 4 is 5.91 Å². The Hall–Kier alpha value is -2.31. The number of hydrogen-bond donors (Lipinski definition) is 1. The van der Waals surface area contributed by atoms with Gasteiger partial charge in [0.15, 0.2) is 0 Å². The summed E-state index contributed by atoms with van der Waals surface area (Å²) in [6.45, 7) is 3.16. The van der Waals surface area contributed by atoms with E-state index in [-0.39, 0.29) is 11.7 Å². The molecule has 1 amide bonds. The zero-order valence-corrected chi connectivity index (χ0v) is 17.2. The van der Waals surface area contributed by atoms with Gasteiger partial charge in [-0.25, -0.2) is 4.39 Å². The molecule has 2 fully saturated rings.